The van der Waals surface area contributed by atoms with Gasteiger partial charge in [0.1, 0.15) is 5.76 Å². The summed E-state index contributed by atoms with van der Waals surface area (Å²) in [5, 5.41) is 0. The molecule has 1 aromatic rings. The molecule has 0 aliphatic carbocycles. The molecule has 0 amide bonds. The number of ether oxygens (including phenoxy) is 1. The molecule has 2 N–H and O–H groups in total. The highest BCUT2D eigenvalue weighted by atomic mass is 16.5. The van der Waals surface area contributed by atoms with Gasteiger partial charge in [-0.2, -0.15) is 0 Å². The second kappa shape index (κ2) is 3.67. The first kappa shape index (κ1) is 9.02. The lowest BCUT2D eigenvalue weighted by Gasteiger charge is -1.98. The van der Waals surface area contributed by atoms with E-state index in [1.165, 1.54) is 0 Å². The van der Waals surface area contributed by atoms with Crippen LogP contribution in [0, 0.1) is 0 Å². The number of allylic oxidation sites excluding steroid dienone is 1. The lowest BCUT2D eigenvalue weighted by Crippen LogP contribution is -2.02. The Morgan fingerprint density at radius 1 is 1.50 bits per heavy atom. The summed E-state index contributed by atoms with van der Waals surface area (Å²) in [4.78, 5) is 11.6. The summed E-state index contributed by atoms with van der Waals surface area (Å²) in [5.74, 6) is 1.07. The number of Topliss-reactive ketones (excluding diaryl/α,β-unsaturated/α-hetero) is 1. The second-order valence-corrected chi connectivity index (χ2v) is 3.00. The van der Waals surface area contributed by atoms with Crippen LogP contribution in [0.1, 0.15) is 22.7 Å². The molecule has 0 unspecified atom stereocenters. The van der Waals surface area contributed by atoms with Gasteiger partial charge in [0.2, 0.25) is 0 Å². The summed E-state index contributed by atoms with van der Waals surface area (Å²) in [6, 6.07) is 3.32. The Balaban J connectivity index is 2.18. The Bertz CT molecular complexity index is 378. The monoisotopic (exact) mass is 193 g/mol. The van der Waals surface area contributed by atoms with E-state index < -0.39 is 0 Å². The Morgan fingerprint density at radius 3 is 2.93 bits per heavy atom. The second-order valence-electron chi connectivity index (χ2n) is 3.00. The number of ketones is 1. The van der Waals surface area contributed by atoms with Crippen LogP contribution in [0.15, 0.2) is 28.4 Å². The molecule has 1 aliphatic rings. The molecule has 1 aromatic heterocycles. The topological polar surface area (TPSA) is 65.5 Å². The zero-order valence-electron chi connectivity index (χ0n) is 7.66. The van der Waals surface area contributed by atoms with Crippen LogP contribution < -0.4 is 5.73 Å². The van der Waals surface area contributed by atoms with Gasteiger partial charge in [0, 0.05) is 6.42 Å². The Labute approximate surface area is 81.3 Å². The molecule has 0 atom stereocenters. The van der Waals surface area contributed by atoms with E-state index in [4.69, 9.17) is 14.9 Å². The third-order valence-corrected chi connectivity index (χ3v) is 2.02. The van der Waals surface area contributed by atoms with Crippen LogP contribution in [-0.2, 0) is 11.3 Å². The number of hydrogen-bond donors (Lipinski definition) is 1. The van der Waals surface area contributed by atoms with E-state index in [0.29, 0.717) is 30.4 Å². The lowest BCUT2D eigenvalue weighted by atomic mass is 10.2. The van der Waals surface area contributed by atoms with Crippen LogP contribution >= 0.6 is 0 Å². The minimum Gasteiger partial charge on any atom is -0.489 e. The minimum atomic E-state index is -0.206. The maximum absolute atomic E-state index is 11.6. The van der Waals surface area contributed by atoms with Crippen LogP contribution in [0.5, 0.6) is 0 Å². The van der Waals surface area contributed by atoms with Crippen LogP contribution in [0.25, 0.3) is 0 Å². The molecular weight excluding hydrogens is 182 g/mol. The lowest BCUT2D eigenvalue weighted by molar-refractivity contribution is 0.0914. The molecule has 0 saturated heterocycles. The van der Waals surface area contributed by atoms with E-state index in [2.05, 4.69) is 0 Å². The van der Waals surface area contributed by atoms with Crippen molar-refractivity contribution in [2.75, 3.05) is 6.61 Å². The molecule has 4 nitrogen and oxygen atoms in total. The van der Waals surface area contributed by atoms with Crippen LogP contribution in [0.4, 0.5) is 0 Å². The summed E-state index contributed by atoms with van der Waals surface area (Å²) in [7, 11) is 0. The molecule has 0 saturated carbocycles. The molecule has 0 radical (unpaired) electrons. The molecule has 0 aromatic carbocycles. The molecule has 2 heterocycles. The minimum absolute atomic E-state index is 0.206. The van der Waals surface area contributed by atoms with Crippen molar-refractivity contribution in [2.45, 2.75) is 13.0 Å². The van der Waals surface area contributed by atoms with Crippen molar-refractivity contribution in [3.8, 4) is 0 Å². The number of furan rings is 1. The van der Waals surface area contributed by atoms with Crippen LogP contribution in [-0.4, -0.2) is 12.4 Å². The summed E-state index contributed by atoms with van der Waals surface area (Å²) in [6.07, 6.45) is 2.55. The van der Waals surface area contributed by atoms with Gasteiger partial charge in [0.25, 0.3) is 5.78 Å². The van der Waals surface area contributed by atoms with Gasteiger partial charge in [-0.1, -0.05) is 0 Å². The fraction of sp³-hybridized carbons (Fsp3) is 0.300. The molecule has 74 valence electrons. The van der Waals surface area contributed by atoms with Crippen molar-refractivity contribution in [3.05, 3.63) is 35.5 Å². The fourth-order valence-electron chi connectivity index (χ4n) is 1.31. The number of rotatable bonds is 3. The zero-order chi connectivity index (χ0) is 9.97. The van der Waals surface area contributed by atoms with Crippen molar-refractivity contribution in [1.29, 1.82) is 0 Å². The normalized spacial score (nSPS) is 15.1. The van der Waals surface area contributed by atoms with E-state index in [0.717, 1.165) is 6.42 Å². The standard InChI is InChI=1S/C10H11NO3/c11-6-7-3-4-9(14-7)10(12)8-2-1-5-13-8/h2-4H,1,5-6,11H2. The highest BCUT2D eigenvalue weighted by molar-refractivity contribution is 6.05. The van der Waals surface area contributed by atoms with E-state index >= 15 is 0 Å². The van der Waals surface area contributed by atoms with Crippen LogP contribution in [0.3, 0.4) is 0 Å². The average molecular weight is 193 g/mol. The van der Waals surface area contributed by atoms with Gasteiger partial charge in [0.15, 0.2) is 11.5 Å². The Morgan fingerprint density at radius 2 is 2.36 bits per heavy atom. The van der Waals surface area contributed by atoms with Gasteiger partial charge in [-0.05, 0) is 18.2 Å². The van der Waals surface area contributed by atoms with E-state index in [1.54, 1.807) is 18.2 Å². The van der Waals surface area contributed by atoms with Crippen molar-refractivity contribution >= 4 is 5.78 Å². The third kappa shape index (κ3) is 1.56. The first-order valence-corrected chi connectivity index (χ1v) is 4.47. The van der Waals surface area contributed by atoms with Gasteiger partial charge in [0.05, 0.1) is 13.2 Å². The predicted molar refractivity (Wildman–Crippen MR) is 49.6 cm³/mol. The highest BCUT2D eigenvalue weighted by Gasteiger charge is 2.19. The Kier molecular flexibility index (Phi) is 2.37. The zero-order valence-corrected chi connectivity index (χ0v) is 7.66. The van der Waals surface area contributed by atoms with E-state index in [9.17, 15) is 4.79 Å². The van der Waals surface area contributed by atoms with E-state index in [1.807, 2.05) is 0 Å². The molecule has 1 aliphatic heterocycles. The van der Waals surface area contributed by atoms with Gasteiger partial charge in [-0.25, -0.2) is 0 Å². The van der Waals surface area contributed by atoms with E-state index in [-0.39, 0.29) is 5.78 Å². The maximum Gasteiger partial charge on any atom is 0.262 e. The number of carbonyl (C=O) groups is 1. The molecule has 4 heteroatoms. The van der Waals surface area contributed by atoms with Crippen molar-refractivity contribution in [3.63, 3.8) is 0 Å². The van der Waals surface area contributed by atoms with Crippen LogP contribution in [0.2, 0.25) is 0 Å². The molecular formula is C10H11NO3. The molecule has 2 rings (SSSR count). The van der Waals surface area contributed by atoms with Gasteiger partial charge >= 0.3 is 0 Å². The first-order valence-electron chi connectivity index (χ1n) is 4.47. The summed E-state index contributed by atoms with van der Waals surface area (Å²) in [6.45, 7) is 0.874. The molecule has 0 fully saturated rings. The summed E-state index contributed by atoms with van der Waals surface area (Å²) in [5.41, 5.74) is 5.37. The molecule has 0 bridgehead atoms. The van der Waals surface area contributed by atoms with Gasteiger partial charge < -0.3 is 14.9 Å². The molecule has 0 spiro atoms. The van der Waals surface area contributed by atoms with Gasteiger partial charge in [-0.15, -0.1) is 0 Å². The van der Waals surface area contributed by atoms with Crippen molar-refractivity contribution in [1.82, 2.24) is 0 Å². The van der Waals surface area contributed by atoms with Crippen molar-refractivity contribution in [2.24, 2.45) is 5.73 Å². The number of nitrogens with two attached hydrogens (primary N) is 1. The largest absolute Gasteiger partial charge is 0.489 e. The molecule has 14 heavy (non-hydrogen) atoms. The fourth-order valence-corrected chi connectivity index (χ4v) is 1.31. The predicted octanol–water partition coefficient (Wildman–Crippen LogP) is 1.23. The Hall–Kier alpha value is -1.55. The smallest absolute Gasteiger partial charge is 0.262 e. The summed E-state index contributed by atoms with van der Waals surface area (Å²) < 4.78 is 10.3. The first-order chi connectivity index (χ1) is 6.81. The quantitative estimate of drug-likeness (QED) is 0.733. The highest BCUT2D eigenvalue weighted by Crippen LogP contribution is 2.17. The maximum atomic E-state index is 11.6. The van der Waals surface area contributed by atoms with Crippen molar-refractivity contribution < 1.29 is 13.9 Å². The SMILES string of the molecule is NCc1ccc(C(=O)C2=CCCO2)o1. The third-order valence-electron chi connectivity index (χ3n) is 2.02. The number of carbonyl (C=O) groups excluding carboxylic acids is 1. The summed E-state index contributed by atoms with van der Waals surface area (Å²) >= 11 is 0. The van der Waals surface area contributed by atoms with Gasteiger partial charge in [-0.3, -0.25) is 4.79 Å². The number of hydrogen-bond acceptors (Lipinski definition) is 4. The average Bonchev–Trinajstić information content (AvgIpc) is 2.88.